The Morgan fingerprint density at radius 1 is 1.67 bits per heavy atom. The third-order valence-corrected chi connectivity index (χ3v) is 2.39. The van der Waals surface area contributed by atoms with E-state index < -0.39 is 0 Å². The summed E-state index contributed by atoms with van der Waals surface area (Å²) in [5.41, 5.74) is 6.55. The van der Waals surface area contributed by atoms with Crippen LogP contribution in [-0.2, 0) is 0 Å². The van der Waals surface area contributed by atoms with Crippen molar-refractivity contribution in [3.63, 3.8) is 0 Å². The minimum atomic E-state index is 0.636. The van der Waals surface area contributed by atoms with Gasteiger partial charge >= 0.3 is 0 Å². The molecule has 0 aromatic carbocycles. The van der Waals surface area contributed by atoms with Gasteiger partial charge in [0.15, 0.2) is 5.13 Å². The Hall–Kier alpha value is -0.870. The Labute approximate surface area is 76.3 Å². The van der Waals surface area contributed by atoms with Crippen LogP contribution in [0, 0.1) is 6.92 Å². The molecule has 0 aliphatic carbocycles. The lowest BCUT2D eigenvalue weighted by atomic mass is 10.3. The Kier molecular flexibility index (Phi) is 3.25. The van der Waals surface area contributed by atoms with Gasteiger partial charge in [-0.3, -0.25) is 0 Å². The first-order chi connectivity index (χ1) is 5.74. The second-order valence-electron chi connectivity index (χ2n) is 2.46. The van der Waals surface area contributed by atoms with Crippen LogP contribution in [0.2, 0.25) is 0 Å². The number of nitrogens with one attached hydrogen (secondary N) is 1. The predicted octanol–water partition coefficient (Wildman–Crippen LogP) is 1.27. The molecule has 1 rings (SSSR count). The average molecular weight is 183 g/mol. The van der Waals surface area contributed by atoms with Crippen molar-refractivity contribution in [3.05, 3.63) is 16.6 Å². The number of nitrogen functional groups attached to an aromatic ring is 1. The molecule has 1 aromatic rings. The Morgan fingerprint density at radius 2 is 2.42 bits per heavy atom. The van der Waals surface area contributed by atoms with E-state index in [1.54, 1.807) is 0 Å². The summed E-state index contributed by atoms with van der Waals surface area (Å²) in [6.45, 7) is 2.84. The number of nitrogens with zero attached hydrogens (tertiary/aromatic N) is 1. The van der Waals surface area contributed by atoms with E-state index >= 15 is 0 Å². The largest absolute Gasteiger partial charge is 0.375 e. The van der Waals surface area contributed by atoms with Gasteiger partial charge in [0.05, 0.1) is 10.6 Å². The lowest BCUT2D eigenvalue weighted by molar-refractivity contribution is 0.922. The summed E-state index contributed by atoms with van der Waals surface area (Å²) in [4.78, 5) is 5.26. The van der Waals surface area contributed by atoms with Crippen LogP contribution in [-0.4, -0.2) is 18.6 Å². The molecule has 3 N–H and O–H groups in total. The zero-order valence-corrected chi connectivity index (χ0v) is 8.11. The standard InChI is InChI=1S/C8H13N3S/c1-6-7(4-3-5-10-2)12-8(9)11-6/h3-4,10H,5H2,1-2H3,(H2,9,11). The molecule has 0 saturated heterocycles. The summed E-state index contributed by atoms with van der Waals surface area (Å²) >= 11 is 1.52. The molecule has 66 valence electrons. The molecule has 0 spiro atoms. The van der Waals surface area contributed by atoms with Crippen LogP contribution in [0.4, 0.5) is 5.13 Å². The number of hydrogen-bond donors (Lipinski definition) is 2. The number of anilines is 1. The first-order valence-electron chi connectivity index (χ1n) is 3.78. The number of likely N-dealkylation sites (N-methyl/N-ethyl adjacent to an activating group) is 1. The van der Waals surface area contributed by atoms with Crippen molar-refractivity contribution < 1.29 is 0 Å². The smallest absolute Gasteiger partial charge is 0.180 e. The molecule has 0 radical (unpaired) electrons. The van der Waals surface area contributed by atoms with Gasteiger partial charge in [-0.1, -0.05) is 17.4 Å². The quantitative estimate of drug-likeness (QED) is 0.742. The Balaban J connectivity index is 2.68. The molecule has 0 unspecified atom stereocenters. The van der Waals surface area contributed by atoms with Gasteiger partial charge in [-0.05, 0) is 20.0 Å². The molecule has 12 heavy (non-hydrogen) atoms. The number of thiazole rings is 1. The predicted molar refractivity (Wildman–Crippen MR) is 54.2 cm³/mol. The Bertz CT molecular complexity index is 278. The summed E-state index contributed by atoms with van der Waals surface area (Å²) in [6, 6.07) is 0. The van der Waals surface area contributed by atoms with Crippen LogP contribution in [0.25, 0.3) is 6.08 Å². The maximum atomic E-state index is 5.54. The second kappa shape index (κ2) is 4.23. The van der Waals surface area contributed by atoms with Gasteiger partial charge in [0, 0.05) is 6.54 Å². The molecule has 3 nitrogen and oxygen atoms in total. The van der Waals surface area contributed by atoms with Gasteiger partial charge in [-0.15, -0.1) is 0 Å². The van der Waals surface area contributed by atoms with Crippen molar-refractivity contribution in [1.29, 1.82) is 0 Å². The van der Waals surface area contributed by atoms with Crippen molar-refractivity contribution in [2.75, 3.05) is 19.3 Å². The van der Waals surface area contributed by atoms with E-state index in [0.717, 1.165) is 17.1 Å². The number of hydrogen-bond acceptors (Lipinski definition) is 4. The lowest BCUT2D eigenvalue weighted by Crippen LogP contribution is -2.03. The fourth-order valence-corrected chi connectivity index (χ4v) is 1.63. The van der Waals surface area contributed by atoms with E-state index in [1.807, 2.05) is 20.0 Å². The number of aromatic nitrogens is 1. The van der Waals surface area contributed by atoms with E-state index in [-0.39, 0.29) is 0 Å². The van der Waals surface area contributed by atoms with Crippen molar-refractivity contribution in [2.45, 2.75) is 6.92 Å². The third-order valence-electron chi connectivity index (χ3n) is 1.44. The highest BCUT2D eigenvalue weighted by molar-refractivity contribution is 7.16. The van der Waals surface area contributed by atoms with Crippen LogP contribution in [0.1, 0.15) is 10.6 Å². The summed E-state index contributed by atoms with van der Waals surface area (Å²) < 4.78 is 0. The molecule has 0 aliphatic heterocycles. The van der Waals surface area contributed by atoms with Gasteiger partial charge in [-0.2, -0.15) is 0 Å². The van der Waals surface area contributed by atoms with Gasteiger partial charge in [0.1, 0.15) is 0 Å². The van der Waals surface area contributed by atoms with Crippen LogP contribution in [0.3, 0.4) is 0 Å². The average Bonchev–Trinajstić information content (AvgIpc) is 2.31. The van der Waals surface area contributed by atoms with Crippen LogP contribution >= 0.6 is 11.3 Å². The molecule has 4 heteroatoms. The van der Waals surface area contributed by atoms with Crippen molar-refractivity contribution in [3.8, 4) is 0 Å². The second-order valence-corrected chi connectivity index (χ2v) is 3.52. The summed E-state index contributed by atoms with van der Waals surface area (Å²) in [6.07, 6.45) is 4.10. The van der Waals surface area contributed by atoms with Gasteiger partial charge < -0.3 is 11.1 Å². The van der Waals surface area contributed by atoms with Crippen LogP contribution in [0.5, 0.6) is 0 Å². The normalized spacial score (nSPS) is 11.2. The zero-order chi connectivity index (χ0) is 8.97. The highest BCUT2D eigenvalue weighted by Crippen LogP contribution is 2.20. The van der Waals surface area contributed by atoms with Crippen molar-refractivity contribution >= 4 is 22.5 Å². The summed E-state index contributed by atoms with van der Waals surface area (Å²) in [5, 5.41) is 3.67. The topological polar surface area (TPSA) is 50.9 Å². The first-order valence-corrected chi connectivity index (χ1v) is 4.59. The molecule has 0 atom stereocenters. The lowest BCUT2D eigenvalue weighted by Gasteiger charge is -1.88. The maximum absolute atomic E-state index is 5.54. The highest BCUT2D eigenvalue weighted by atomic mass is 32.1. The summed E-state index contributed by atoms with van der Waals surface area (Å²) in [7, 11) is 1.91. The van der Waals surface area contributed by atoms with Gasteiger partial charge in [0.2, 0.25) is 0 Å². The molecular weight excluding hydrogens is 170 g/mol. The van der Waals surface area contributed by atoms with Crippen LogP contribution in [0.15, 0.2) is 6.08 Å². The molecule has 0 fully saturated rings. The fourth-order valence-electron chi connectivity index (χ4n) is 0.868. The van der Waals surface area contributed by atoms with E-state index in [4.69, 9.17) is 5.73 Å². The number of nitrogens with two attached hydrogens (primary N) is 1. The van der Waals surface area contributed by atoms with Crippen LogP contribution < -0.4 is 11.1 Å². The third kappa shape index (κ3) is 2.32. The molecule has 0 bridgehead atoms. The van der Waals surface area contributed by atoms with E-state index in [0.29, 0.717) is 5.13 Å². The monoisotopic (exact) mass is 183 g/mol. The fraction of sp³-hybridized carbons (Fsp3) is 0.375. The summed E-state index contributed by atoms with van der Waals surface area (Å²) in [5.74, 6) is 0. The molecule has 0 aliphatic rings. The highest BCUT2D eigenvalue weighted by Gasteiger charge is 1.99. The SMILES string of the molecule is CNCC=Cc1sc(N)nc1C. The minimum Gasteiger partial charge on any atom is -0.375 e. The maximum Gasteiger partial charge on any atom is 0.180 e. The van der Waals surface area contributed by atoms with Gasteiger partial charge in [0.25, 0.3) is 0 Å². The van der Waals surface area contributed by atoms with E-state index in [2.05, 4.69) is 16.4 Å². The van der Waals surface area contributed by atoms with Crippen molar-refractivity contribution in [1.82, 2.24) is 10.3 Å². The molecular formula is C8H13N3S. The minimum absolute atomic E-state index is 0.636. The number of aryl methyl sites for hydroxylation is 1. The molecule has 0 amide bonds. The number of rotatable bonds is 3. The Morgan fingerprint density at radius 3 is 2.92 bits per heavy atom. The van der Waals surface area contributed by atoms with Crippen molar-refractivity contribution in [2.24, 2.45) is 0 Å². The first kappa shape index (κ1) is 9.22. The zero-order valence-electron chi connectivity index (χ0n) is 7.29. The molecule has 1 aromatic heterocycles. The van der Waals surface area contributed by atoms with E-state index in [1.165, 1.54) is 11.3 Å². The van der Waals surface area contributed by atoms with E-state index in [9.17, 15) is 0 Å². The molecule has 0 saturated carbocycles. The van der Waals surface area contributed by atoms with Gasteiger partial charge in [-0.25, -0.2) is 4.98 Å². The molecule has 1 heterocycles.